The van der Waals surface area contributed by atoms with Crippen LogP contribution in [-0.4, -0.2) is 17.6 Å². The van der Waals surface area contributed by atoms with Crippen molar-refractivity contribution in [2.75, 3.05) is 0 Å². The fourth-order valence-electron chi connectivity index (χ4n) is 2.87. The number of benzene rings is 2. The molecule has 0 bridgehead atoms. The van der Waals surface area contributed by atoms with Gasteiger partial charge in [-0.05, 0) is 23.5 Å². The molecule has 0 aliphatic rings. The summed E-state index contributed by atoms with van der Waals surface area (Å²) in [6, 6.07) is 18.8. The molecular weight excluding hydrogens is 342 g/mol. The van der Waals surface area contributed by atoms with Crippen molar-refractivity contribution in [2.24, 2.45) is 5.92 Å². The fourth-order valence-corrected chi connectivity index (χ4v) is 2.87. The molecule has 1 N–H and O–H groups in total. The van der Waals surface area contributed by atoms with Crippen LogP contribution in [0.4, 0.5) is 4.79 Å². The number of hydrogen-bond donors (Lipinski definition) is 1. The Morgan fingerprint density at radius 3 is 1.81 bits per heavy atom. The van der Waals surface area contributed by atoms with Crippen molar-refractivity contribution < 1.29 is 19.1 Å². The van der Waals surface area contributed by atoms with Crippen LogP contribution in [-0.2, 0) is 27.5 Å². The molecule has 5 nitrogen and oxygen atoms in total. The molecule has 0 fully saturated rings. The first-order chi connectivity index (χ1) is 13.0. The lowest BCUT2D eigenvalue weighted by molar-refractivity contribution is -0.155. The van der Waals surface area contributed by atoms with E-state index in [2.05, 4.69) is 5.32 Å². The molecule has 0 aromatic heterocycles. The third-order valence-electron chi connectivity index (χ3n) is 4.66. The molecule has 2 aromatic carbocycles. The van der Waals surface area contributed by atoms with Gasteiger partial charge in [-0.2, -0.15) is 0 Å². The Bertz CT molecular complexity index is 730. The smallest absolute Gasteiger partial charge is 0.408 e. The molecule has 1 amide bonds. The minimum Gasteiger partial charge on any atom is -0.459 e. The molecule has 144 valence electrons. The molecule has 2 aromatic rings. The van der Waals surface area contributed by atoms with Crippen molar-refractivity contribution in [3.05, 3.63) is 71.8 Å². The SMILES string of the molecule is CCC(NC(=O)OCc1ccccc1)(C(=O)OCc1ccccc1)C(C)C. The first kappa shape index (κ1) is 20.5. The summed E-state index contributed by atoms with van der Waals surface area (Å²) in [5.74, 6) is -0.615. The topological polar surface area (TPSA) is 64.6 Å². The van der Waals surface area contributed by atoms with E-state index in [9.17, 15) is 9.59 Å². The van der Waals surface area contributed by atoms with Gasteiger partial charge in [0.25, 0.3) is 0 Å². The molecule has 5 heteroatoms. The molecule has 0 spiro atoms. The highest BCUT2D eigenvalue weighted by molar-refractivity contribution is 5.86. The zero-order valence-electron chi connectivity index (χ0n) is 16.1. The Morgan fingerprint density at radius 1 is 0.889 bits per heavy atom. The van der Waals surface area contributed by atoms with E-state index in [1.165, 1.54) is 0 Å². The van der Waals surface area contributed by atoms with Crippen LogP contribution in [0, 0.1) is 5.92 Å². The predicted molar refractivity (Wildman–Crippen MR) is 104 cm³/mol. The number of hydrogen-bond acceptors (Lipinski definition) is 4. The fraction of sp³-hybridized carbons (Fsp3) is 0.364. The van der Waals surface area contributed by atoms with Crippen molar-refractivity contribution >= 4 is 12.1 Å². The van der Waals surface area contributed by atoms with Gasteiger partial charge in [-0.25, -0.2) is 9.59 Å². The van der Waals surface area contributed by atoms with Gasteiger partial charge >= 0.3 is 12.1 Å². The van der Waals surface area contributed by atoms with E-state index in [1.807, 2.05) is 81.4 Å². The summed E-state index contributed by atoms with van der Waals surface area (Å²) in [7, 11) is 0. The number of carbonyl (C=O) groups excluding carboxylic acids is 2. The molecule has 0 aliphatic carbocycles. The molecule has 0 heterocycles. The van der Waals surface area contributed by atoms with Crippen LogP contribution in [0.3, 0.4) is 0 Å². The zero-order valence-corrected chi connectivity index (χ0v) is 16.1. The second-order valence-corrected chi connectivity index (χ2v) is 6.73. The minimum atomic E-state index is -1.14. The molecule has 0 saturated carbocycles. The molecule has 0 aliphatic heterocycles. The van der Waals surface area contributed by atoms with Crippen molar-refractivity contribution in [1.82, 2.24) is 5.32 Å². The molecular formula is C22H27NO4. The summed E-state index contributed by atoms with van der Waals surface area (Å²) < 4.78 is 10.8. The van der Waals surface area contributed by atoms with E-state index in [4.69, 9.17) is 9.47 Å². The van der Waals surface area contributed by atoms with Gasteiger partial charge in [-0.3, -0.25) is 0 Å². The first-order valence-electron chi connectivity index (χ1n) is 9.18. The van der Waals surface area contributed by atoms with Gasteiger partial charge in [0.2, 0.25) is 0 Å². The van der Waals surface area contributed by atoms with Gasteiger partial charge in [0.05, 0.1) is 0 Å². The lowest BCUT2D eigenvalue weighted by atomic mass is 9.84. The maximum Gasteiger partial charge on any atom is 0.408 e. The Morgan fingerprint density at radius 2 is 1.37 bits per heavy atom. The second-order valence-electron chi connectivity index (χ2n) is 6.73. The highest BCUT2D eigenvalue weighted by atomic mass is 16.6. The van der Waals surface area contributed by atoms with Crippen molar-refractivity contribution in [3.8, 4) is 0 Å². The Balaban J connectivity index is 2.01. The quantitative estimate of drug-likeness (QED) is 0.698. The number of esters is 1. The highest BCUT2D eigenvalue weighted by Gasteiger charge is 2.43. The summed E-state index contributed by atoms with van der Waals surface area (Å²) in [6.07, 6.45) is -0.232. The lowest BCUT2D eigenvalue weighted by Gasteiger charge is -2.34. The molecule has 2 rings (SSSR count). The third kappa shape index (κ3) is 5.58. The van der Waals surface area contributed by atoms with Crippen molar-refractivity contribution in [2.45, 2.75) is 45.9 Å². The number of rotatable bonds is 8. The average Bonchev–Trinajstić information content (AvgIpc) is 2.70. The van der Waals surface area contributed by atoms with E-state index in [-0.39, 0.29) is 19.1 Å². The molecule has 1 atom stereocenters. The lowest BCUT2D eigenvalue weighted by Crippen LogP contribution is -2.58. The summed E-state index contributed by atoms with van der Waals surface area (Å²) >= 11 is 0. The van der Waals surface area contributed by atoms with Gasteiger partial charge in [0, 0.05) is 0 Å². The summed E-state index contributed by atoms with van der Waals surface area (Å²) in [5, 5.41) is 2.75. The monoisotopic (exact) mass is 369 g/mol. The first-order valence-corrected chi connectivity index (χ1v) is 9.18. The van der Waals surface area contributed by atoms with Gasteiger partial charge in [0.15, 0.2) is 0 Å². The van der Waals surface area contributed by atoms with Gasteiger partial charge in [0.1, 0.15) is 18.8 Å². The normalized spacial score (nSPS) is 12.9. The van der Waals surface area contributed by atoms with Gasteiger partial charge < -0.3 is 14.8 Å². The van der Waals surface area contributed by atoms with Crippen LogP contribution in [0.15, 0.2) is 60.7 Å². The number of amides is 1. The van der Waals surface area contributed by atoms with Crippen LogP contribution in [0.2, 0.25) is 0 Å². The molecule has 1 unspecified atom stereocenters. The Labute approximate surface area is 160 Å². The number of ether oxygens (including phenoxy) is 2. The molecule has 27 heavy (non-hydrogen) atoms. The molecule has 0 radical (unpaired) electrons. The van der Waals surface area contributed by atoms with Crippen molar-refractivity contribution in [3.63, 3.8) is 0 Å². The number of alkyl carbamates (subject to hydrolysis) is 1. The van der Waals surface area contributed by atoms with Crippen LogP contribution < -0.4 is 5.32 Å². The van der Waals surface area contributed by atoms with Crippen LogP contribution >= 0.6 is 0 Å². The van der Waals surface area contributed by atoms with Crippen LogP contribution in [0.25, 0.3) is 0 Å². The predicted octanol–water partition coefficient (Wildman–Crippen LogP) is 4.46. The number of nitrogens with one attached hydrogen (secondary N) is 1. The van der Waals surface area contributed by atoms with Crippen LogP contribution in [0.5, 0.6) is 0 Å². The second kappa shape index (κ2) is 9.76. The summed E-state index contributed by atoms with van der Waals surface area (Å²) in [5.41, 5.74) is 0.639. The Hall–Kier alpha value is -2.82. The number of carbonyl (C=O) groups is 2. The van der Waals surface area contributed by atoms with E-state index >= 15 is 0 Å². The molecule has 0 saturated heterocycles. The van der Waals surface area contributed by atoms with E-state index < -0.39 is 17.6 Å². The third-order valence-corrected chi connectivity index (χ3v) is 4.66. The zero-order chi connectivity index (χ0) is 19.7. The van der Waals surface area contributed by atoms with E-state index in [1.54, 1.807) is 0 Å². The minimum absolute atomic E-state index is 0.142. The largest absolute Gasteiger partial charge is 0.459 e. The summed E-state index contributed by atoms with van der Waals surface area (Å²) in [4.78, 5) is 25.2. The van der Waals surface area contributed by atoms with Gasteiger partial charge in [-0.15, -0.1) is 0 Å². The van der Waals surface area contributed by atoms with Crippen LogP contribution in [0.1, 0.15) is 38.3 Å². The van der Waals surface area contributed by atoms with E-state index in [0.717, 1.165) is 11.1 Å². The average molecular weight is 369 g/mol. The maximum atomic E-state index is 12.8. The highest BCUT2D eigenvalue weighted by Crippen LogP contribution is 2.24. The standard InChI is InChI=1S/C22H27NO4/c1-4-22(17(2)3,20(24)26-15-18-11-7-5-8-12-18)23-21(25)27-16-19-13-9-6-10-14-19/h5-14,17H,4,15-16H2,1-3H3,(H,23,25). The Kier molecular flexibility index (Phi) is 7.41. The van der Waals surface area contributed by atoms with Gasteiger partial charge in [-0.1, -0.05) is 81.4 Å². The van der Waals surface area contributed by atoms with Crippen molar-refractivity contribution in [1.29, 1.82) is 0 Å². The summed E-state index contributed by atoms with van der Waals surface area (Å²) in [6.45, 7) is 5.91. The van der Waals surface area contributed by atoms with E-state index in [0.29, 0.717) is 6.42 Å². The maximum absolute atomic E-state index is 12.8.